The van der Waals surface area contributed by atoms with E-state index in [9.17, 15) is 14.4 Å². The summed E-state index contributed by atoms with van der Waals surface area (Å²) in [6.07, 6.45) is 14.4. The minimum atomic E-state index is -1.19. The standard InChI is InChI=1S/C21H38O5/c1-3-5-7-9-11-13-15-17-19(22)25-21(24)26-20(23)18-16-14-12-10-8-6-4-2/h3-18H2,1-2H3. The Labute approximate surface area is 159 Å². The van der Waals surface area contributed by atoms with Crippen LogP contribution in [0.1, 0.15) is 117 Å². The highest BCUT2D eigenvalue weighted by Gasteiger charge is 2.15. The van der Waals surface area contributed by atoms with Crippen molar-refractivity contribution in [2.24, 2.45) is 0 Å². The van der Waals surface area contributed by atoms with E-state index in [4.69, 9.17) is 0 Å². The normalized spacial score (nSPS) is 10.5. The molecule has 0 aliphatic carbocycles. The molecule has 0 atom stereocenters. The second kappa shape index (κ2) is 18.4. The van der Waals surface area contributed by atoms with E-state index >= 15 is 0 Å². The maximum atomic E-state index is 11.5. The fourth-order valence-electron chi connectivity index (χ4n) is 2.76. The Kier molecular flexibility index (Phi) is 17.4. The summed E-state index contributed by atoms with van der Waals surface area (Å²) >= 11 is 0. The summed E-state index contributed by atoms with van der Waals surface area (Å²) in [5.41, 5.74) is 0. The lowest BCUT2D eigenvalue weighted by molar-refractivity contribution is -0.146. The molecule has 0 aromatic carbocycles. The first kappa shape index (κ1) is 24.6. The van der Waals surface area contributed by atoms with Crippen LogP contribution in [0.2, 0.25) is 0 Å². The van der Waals surface area contributed by atoms with Crippen LogP contribution in [0.25, 0.3) is 0 Å². The van der Waals surface area contributed by atoms with Gasteiger partial charge in [-0.3, -0.25) is 9.59 Å². The maximum Gasteiger partial charge on any atom is 0.524 e. The van der Waals surface area contributed by atoms with Crippen molar-refractivity contribution in [3.63, 3.8) is 0 Å². The zero-order valence-electron chi connectivity index (χ0n) is 16.9. The van der Waals surface area contributed by atoms with Gasteiger partial charge in [0, 0.05) is 12.8 Å². The van der Waals surface area contributed by atoms with Crippen molar-refractivity contribution in [3.05, 3.63) is 0 Å². The van der Waals surface area contributed by atoms with Gasteiger partial charge in [0.2, 0.25) is 0 Å². The molecule has 0 saturated carbocycles. The van der Waals surface area contributed by atoms with Crippen LogP contribution in [-0.2, 0) is 19.1 Å². The van der Waals surface area contributed by atoms with Crippen LogP contribution in [0.5, 0.6) is 0 Å². The van der Waals surface area contributed by atoms with E-state index in [2.05, 4.69) is 23.3 Å². The molecule has 0 aliphatic heterocycles. The molecule has 0 rings (SSSR count). The van der Waals surface area contributed by atoms with Crippen LogP contribution in [0.4, 0.5) is 4.79 Å². The molecule has 0 aromatic heterocycles. The van der Waals surface area contributed by atoms with Gasteiger partial charge in [-0.05, 0) is 12.8 Å². The van der Waals surface area contributed by atoms with Gasteiger partial charge in [0.25, 0.3) is 0 Å². The van der Waals surface area contributed by atoms with E-state index in [1.165, 1.54) is 51.4 Å². The molecular weight excluding hydrogens is 332 g/mol. The molecule has 0 radical (unpaired) electrons. The van der Waals surface area contributed by atoms with Crippen LogP contribution in [0.15, 0.2) is 0 Å². The number of esters is 2. The Morgan fingerprint density at radius 2 is 0.808 bits per heavy atom. The summed E-state index contributed by atoms with van der Waals surface area (Å²) in [6, 6.07) is 0. The topological polar surface area (TPSA) is 69.7 Å². The Bertz CT molecular complexity index is 345. The molecule has 0 spiro atoms. The summed E-state index contributed by atoms with van der Waals surface area (Å²) in [6.45, 7) is 4.35. The Morgan fingerprint density at radius 3 is 1.15 bits per heavy atom. The minimum Gasteiger partial charge on any atom is -0.360 e. The summed E-state index contributed by atoms with van der Waals surface area (Å²) in [4.78, 5) is 34.4. The molecule has 0 bridgehead atoms. The van der Waals surface area contributed by atoms with Crippen LogP contribution in [0, 0.1) is 0 Å². The zero-order valence-corrected chi connectivity index (χ0v) is 16.9. The summed E-state index contributed by atoms with van der Waals surface area (Å²) in [5.74, 6) is -1.24. The fourth-order valence-corrected chi connectivity index (χ4v) is 2.76. The van der Waals surface area contributed by atoms with Gasteiger partial charge in [-0.2, -0.15) is 0 Å². The highest BCUT2D eigenvalue weighted by Crippen LogP contribution is 2.10. The van der Waals surface area contributed by atoms with Crippen molar-refractivity contribution >= 4 is 18.1 Å². The molecule has 0 amide bonds. The largest absolute Gasteiger partial charge is 0.524 e. The predicted molar refractivity (Wildman–Crippen MR) is 103 cm³/mol. The van der Waals surface area contributed by atoms with Gasteiger partial charge >= 0.3 is 18.1 Å². The molecule has 0 saturated heterocycles. The van der Waals surface area contributed by atoms with Crippen molar-refractivity contribution in [2.75, 3.05) is 0 Å². The van der Waals surface area contributed by atoms with E-state index in [1.54, 1.807) is 0 Å². The molecule has 0 aliphatic rings. The van der Waals surface area contributed by atoms with Crippen molar-refractivity contribution in [1.29, 1.82) is 0 Å². The lowest BCUT2D eigenvalue weighted by atomic mass is 10.1. The van der Waals surface area contributed by atoms with Crippen molar-refractivity contribution in [1.82, 2.24) is 0 Å². The molecule has 5 heteroatoms. The highest BCUT2D eigenvalue weighted by molar-refractivity contribution is 5.88. The first-order chi connectivity index (χ1) is 12.6. The number of hydrogen-bond donors (Lipinski definition) is 0. The van der Waals surface area contributed by atoms with E-state index in [-0.39, 0.29) is 12.8 Å². The van der Waals surface area contributed by atoms with Crippen molar-refractivity contribution in [3.8, 4) is 0 Å². The third kappa shape index (κ3) is 17.4. The molecule has 0 heterocycles. The zero-order chi connectivity index (χ0) is 19.5. The average molecular weight is 371 g/mol. The monoisotopic (exact) mass is 370 g/mol. The summed E-state index contributed by atoms with van der Waals surface area (Å²) < 4.78 is 9.03. The van der Waals surface area contributed by atoms with Crippen LogP contribution < -0.4 is 0 Å². The number of ether oxygens (including phenoxy) is 2. The number of hydrogen-bond acceptors (Lipinski definition) is 5. The summed E-state index contributed by atoms with van der Waals surface area (Å²) in [7, 11) is 0. The van der Waals surface area contributed by atoms with Gasteiger partial charge in [-0.25, -0.2) is 4.79 Å². The molecule has 152 valence electrons. The first-order valence-electron chi connectivity index (χ1n) is 10.6. The smallest absolute Gasteiger partial charge is 0.360 e. The second-order valence-corrected chi connectivity index (χ2v) is 6.94. The first-order valence-corrected chi connectivity index (χ1v) is 10.6. The lowest BCUT2D eigenvalue weighted by Gasteiger charge is -2.04. The van der Waals surface area contributed by atoms with Gasteiger partial charge in [-0.1, -0.05) is 90.9 Å². The van der Waals surface area contributed by atoms with Gasteiger partial charge in [0.1, 0.15) is 0 Å². The quantitative estimate of drug-likeness (QED) is 0.177. The third-order valence-electron chi connectivity index (χ3n) is 4.36. The van der Waals surface area contributed by atoms with E-state index in [1.807, 2.05) is 0 Å². The van der Waals surface area contributed by atoms with Crippen LogP contribution >= 0.6 is 0 Å². The van der Waals surface area contributed by atoms with Crippen LogP contribution in [-0.4, -0.2) is 18.1 Å². The van der Waals surface area contributed by atoms with E-state index < -0.39 is 18.1 Å². The Balaban J connectivity index is 3.55. The highest BCUT2D eigenvalue weighted by atomic mass is 16.8. The van der Waals surface area contributed by atoms with Gasteiger partial charge in [-0.15, -0.1) is 0 Å². The minimum absolute atomic E-state index is 0.189. The van der Waals surface area contributed by atoms with E-state index in [0.29, 0.717) is 12.8 Å². The summed E-state index contributed by atoms with van der Waals surface area (Å²) in [5, 5.41) is 0. The lowest BCUT2D eigenvalue weighted by Crippen LogP contribution is -2.17. The molecule has 0 N–H and O–H groups in total. The number of carbonyl (C=O) groups is 3. The molecule has 0 fully saturated rings. The Morgan fingerprint density at radius 1 is 0.500 bits per heavy atom. The second-order valence-electron chi connectivity index (χ2n) is 6.94. The van der Waals surface area contributed by atoms with Gasteiger partial charge in [0.05, 0.1) is 0 Å². The maximum absolute atomic E-state index is 11.5. The molecule has 0 aromatic rings. The van der Waals surface area contributed by atoms with E-state index in [0.717, 1.165) is 25.7 Å². The fraction of sp³-hybridized carbons (Fsp3) is 0.857. The molecule has 0 unspecified atom stereocenters. The third-order valence-corrected chi connectivity index (χ3v) is 4.36. The number of rotatable bonds is 16. The number of unbranched alkanes of at least 4 members (excludes halogenated alkanes) is 12. The Hall–Kier alpha value is -1.39. The molecule has 5 nitrogen and oxygen atoms in total. The number of carbonyl (C=O) groups excluding carboxylic acids is 3. The van der Waals surface area contributed by atoms with Crippen molar-refractivity contribution < 1.29 is 23.9 Å². The van der Waals surface area contributed by atoms with Gasteiger partial charge < -0.3 is 9.47 Å². The predicted octanol–water partition coefficient (Wildman–Crippen LogP) is 6.47. The molecule has 26 heavy (non-hydrogen) atoms. The molecular formula is C21H38O5. The van der Waals surface area contributed by atoms with Crippen LogP contribution in [0.3, 0.4) is 0 Å². The average Bonchev–Trinajstić information content (AvgIpc) is 2.60. The van der Waals surface area contributed by atoms with Crippen molar-refractivity contribution in [2.45, 2.75) is 117 Å². The van der Waals surface area contributed by atoms with Gasteiger partial charge in [0.15, 0.2) is 0 Å². The SMILES string of the molecule is CCCCCCCCCC(=O)OC(=O)OC(=O)CCCCCCCCC.